The van der Waals surface area contributed by atoms with Gasteiger partial charge in [0.05, 0.1) is 22.0 Å². The molecule has 0 bridgehead atoms. The Morgan fingerprint density at radius 3 is 2.58 bits per heavy atom. The van der Waals surface area contributed by atoms with Crippen LogP contribution >= 0.6 is 0 Å². The first-order valence-electron chi connectivity index (χ1n) is 7.43. The second-order valence-corrected chi connectivity index (χ2v) is 5.65. The minimum atomic E-state index is -0.898. The Bertz CT molecular complexity index is 798. The van der Waals surface area contributed by atoms with Crippen molar-refractivity contribution in [2.75, 3.05) is 5.32 Å². The first-order chi connectivity index (χ1) is 11.2. The minimum Gasteiger partial charge on any atom is -0.474 e. The number of aryl methyl sites for hydroxylation is 3. The fourth-order valence-electron chi connectivity index (χ4n) is 2.29. The number of anilines is 1. The summed E-state index contributed by atoms with van der Waals surface area (Å²) in [6.45, 7) is 6.92. The van der Waals surface area contributed by atoms with Gasteiger partial charge in [0.25, 0.3) is 5.91 Å². The van der Waals surface area contributed by atoms with E-state index in [1.807, 2.05) is 6.92 Å². The predicted molar refractivity (Wildman–Crippen MR) is 89.2 cm³/mol. The number of carbonyl (C=O) groups excluding carboxylic acids is 1. The zero-order chi connectivity index (χ0) is 18.0. The first-order valence-corrected chi connectivity index (χ1v) is 7.43. The van der Waals surface area contributed by atoms with E-state index in [4.69, 9.17) is 4.74 Å². The number of hydrogen-bond donors (Lipinski definition) is 1. The Kier molecular flexibility index (Phi) is 4.87. The van der Waals surface area contributed by atoms with Gasteiger partial charge < -0.3 is 10.1 Å². The summed E-state index contributed by atoms with van der Waals surface area (Å²) in [5.74, 6) is -0.336. The number of nitro benzene ring substituents is 1. The number of amides is 1. The van der Waals surface area contributed by atoms with Gasteiger partial charge in [-0.2, -0.15) is 5.10 Å². The highest BCUT2D eigenvalue weighted by Crippen LogP contribution is 2.29. The fourth-order valence-corrected chi connectivity index (χ4v) is 2.29. The van der Waals surface area contributed by atoms with Crippen LogP contribution in [0.25, 0.3) is 0 Å². The summed E-state index contributed by atoms with van der Waals surface area (Å²) in [4.78, 5) is 22.9. The van der Waals surface area contributed by atoms with Crippen molar-refractivity contribution in [3.63, 3.8) is 0 Å². The van der Waals surface area contributed by atoms with E-state index in [1.165, 1.54) is 12.1 Å². The van der Waals surface area contributed by atoms with E-state index >= 15 is 0 Å². The molecule has 8 heteroatoms. The van der Waals surface area contributed by atoms with Crippen molar-refractivity contribution in [2.24, 2.45) is 7.05 Å². The molecule has 0 unspecified atom stereocenters. The Labute approximate surface area is 139 Å². The number of ether oxygens (including phenoxy) is 1. The molecule has 0 saturated heterocycles. The highest BCUT2D eigenvalue weighted by Gasteiger charge is 2.23. The molecule has 0 radical (unpaired) electrons. The summed E-state index contributed by atoms with van der Waals surface area (Å²) in [6, 6.07) is 4.61. The van der Waals surface area contributed by atoms with Crippen LogP contribution in [0.4, 0.5) is 11.4 Å². The molecule has 0 aliphatic heterocycles. The minimum absolute atomic E-state index is 0.0629. The van der Waals surface area contributed by atoms with Gasteiger partial charge >= 0.3 is 5.69 Å². The van der Waals surface area contributed by atoms with Gasteiger partial charge in [0.1, 0.15) is 0 Å². The van der Waals surface area contributed by atoms with Crippen molar-refractivity contribution in [3.8, 4) is 5.75 Å². The Morgan fingerprint density at radius 1 is 1.38 bits per heavy atom. The molecule has 2 aromatic rings. The molecule has 8 nitrogen and oxygen atoms in total. The van der Waals surface area contributed by atoms with Gasteiger partial charge in [0, 0.05) is 13.1 Å². The van der Waals surface area contributed by atoms with Gasteiger partial charge in [-0.25, -0.2) is 0 Å². The molecule has 1 heterocycles. The maximum atomic E-state index is 12.3. The second kappa shape index (κ2) is 6.69. The monoisotopic (exact) mass is 332 g/mol. The van der Waals surface area contributed by atoms with Crippen LogP contribution in [0.2, 0.25) is 0 Å². The second-order valence-electron chi connectivity index (χ2n) is 5.65. The molecule has 24 heavy (non-hydrogen) atoms. The lowest BCUT2D eigenvalue weighted by Crippen LogP contribution is -2.30. The first kappa shape index (κ1) is 17.5. The Morgan fingerprint density at radius 2 is 2.04 bits per heavy atom. The third-order valence-electron chi connectivity index (χ3n) is 3.74. The SMILES string of the molecule is Cc1ccc(O[C@H](C)C(=O)Nc2c(C)nn(C)c2C)c([N+](=O)[O-])c1. The number of nitrogens with zero attached hydrogens (tertiary/aromatic N) is 3. The normalized spacial score (nSPS) is 11.9. The molecule has 0 spiro atoms. The van der Waals surface area contributed by atoms with E-state index in [1.54, 1.807) is 38.6 Å². The maximum absolute atomic E-state index is 12.3. The summed E-state index contributed by atoms with van der Waals surface area (Å²) in [6.07, 6.45) is -0.898. The lowest BCUT2D eigenvalue weighted by atomic mass is 10.2. The molecule has 1 atom stereocenters. The molecule has 0 aliphatic carbocycles. The van der Waals surface area contributed by atoms with Gasteiger partial charge in [-0.1, -0.05) is 6.07 Å². The third kappa shape index (κ3) is 3.53. The number of aromatic nitrogens is 2. The van der Waals surface area contributed by atoms with E-state index in [-0.39, 0.29) is 11.4 Å². The Hall–Kier alpha value is -2.90. The fraction of sp³-hybridized carbons (Fsp3) is 0.375. The highest BCUT2D eigenvalue weighted by molar-refractivity contribution is 5.95. The van der Waals surface area contributed by atoms with E-state index in [0.717, 1.165) is 11.3 Å². The highest BCUT2D eigenvalue weighted by atomic mass is 16.6. The van der Waals surface area contributed by atoms with Crippen molar-refractivity contribution in [3.05, 3.63) is 45.3 Å². The van der Waals surface area contributed by atoms with Gasteiger partial charge in [-0.15, -0.1) is 0 Å². The van der Waals surface area contributed by atoms with E-state index in [9.17, 15) is 14.9 Å². The largest absolute Gasteiger partial charge is 0.474 e. The number of rotatable bonds is 5. The van der Waals surface area contributed by atoms with Gasteiger partial charge in [-0.3, -0.25) is 19.6 Å². The summed E-state index contributed by atoms with van der Waals surface area (Å²) < 4.78 is 7.17. The number of hydrogen-bond acceptors (Lipinski definition) is 5. The Balaban J connectivity index is 2.16. The third-order valence-corrected chi connectivity index (χ3v) is 3.74. The van der Waals surface area contributed by atoms with Crippen molar-refractivity contribution in [1.29, 1.82) is 0 Å². The molecule has 1 N–H and O–H groups in total. The summed E-state index contributed by atoms with van der Waals surface area (Å²) in [5, 5.41) is 18.1. The predicted octanol–water partition coefficient (Wildman–Crippen LogP) is 2.66. The average Bonchev–Trinajstić information content (AvgIpc) is 2.75. The molecular weight excluding hydrogens is 312 g/mol. The van der Waals surface area contributed by atoms with Crippen LogP contribution in [0, 0.1) is 30.9 Å². The lowest BCUT2D eigenvalue weighted by molar-refractivity contribution is -0.386. The van der Waals surface area contributed by atoms with E-state index < -0.39 is 16.9 Å². The van der Waals surface area contributed by atoms with Crippen LogP contribution in [-0.2, 0) is 11.8 Å². The van der Waals surface area contributed by atoms with Gasteiger partial charge in [0.2, 0.25) is 0 Å². The van der Waals surface area contributed by atoms with E-state index in [0.29, 0.717) is 11.4 Å². The molecule has 0 aliphatic rings. The quantitative estimate of drug-likeness (QED) is 0.670. The smallest absolute Gasteiger partial charge is 0.311 e. The molecule has 128 valence electrons. The summed E-state index contributed by atoms with van der Waals surface area (Å²) in [7, 11) is 1.79. The molecule has 1 aromatic carbocycles. The number of nitrogens with one attached hydrogen (secondary N) is 1. The van der Waals surface area contributed by atoms with Crippen LogP contribution in [0.5, 0.6) is 5.75 Å². The van der Waals surface area contributed by atoms with Crippen molar-refractivity contribution < 1.29 is 14.5 Å². The lowest BCUT2D eigenvalue weighted by Gasteiger charge is -2.15. The number of carbonyl (C=O) groups is 1. The molecule has 0 saturated carbocycles. The van der Waals surface area contributed by atoms with E-state index in [2.05, 4.69) is 10.4 Å². The van der Waals surface area contributed by atoms with Crippen LogP contribution in [0.15, 0.2) is 18.2 Å². The molecule has 0 fully saturated rings. The van der Waals surface area contributed by atoms with Crippen LogP contribution in [0.3, 0.4) is 0 Å². The average molecular weight is 332 g/mol. The van der Waals surface area contributed by atoms with Crippen LogP contribution in [0.1, 0.15) is 23.9 Å². The van der Waals surface area contributed by atoms with Gasteiger partial charge in [-0.05, 0) is 39.3 Å². The topological polar surface area (TPSA) is 99.3 Å². The van der Waals surface area contributed by atoms with Crippen LogP contribution < -0.4 is 10.1 Å². The standard InChI is InChI=1S/C16H20N4O4/c1-9-6-7-14(13(8-9)20(22)23)24-12(4)16(21)17-15-10(2)18-19(5)11(15)3/h6-8,12H,1-5H3,(H,17,21)/t12-/m1/s1. The van der Waals surface area contributed by atoms with Crippen molar-refractivity contribution in [1.82, 2.24) is 9.78 Å². The molecule has 2 rings (SSSR count). The molecular formula is C16H20N4O4. The summed E-state index contributed by atoms with van der Waals surface area (Å²) >= 11 is 0. The number of nitro groups is 1. The van der Waals surface area contributed by atoms with Crippen molar-refractivity contribution in [2.45, 2.75) is 33.8 Å². The number of benzene rings is 1. The van der Waals surface area contributed by atoms with Gasteiger partial charge in [0.15, 0.2) is 11.9 Å². The summed E-state index contributed by atoms with van der Waals surface area (Å²) in [5.41, 5.74) is 2.71. The zero-order valence-corrected chi connectivity index (χ0v) is 14.3. The molecule has 1 aromatic heterocycles. The maximum Gasteiger partial charge on any atom is 0.311 e. The van der Waals surface area contributed by atoms with Crippen molar-refractivity contribution >= 4 is 17.3 Å². The molecule has 1 amide bonds. The van der Waals surface area contributed by atoms with Crippen LogP contribution in [-0.4, -0.2) is 26.7 Å². The zero-order valence-electron chi connectivity index (χ0n) is 14.3.